The molecule has 4 rings (SSSR count). The van der Waals surface area contributed by atoms with Gasteiger partial charge < -0.3 is 10.2 Å². The Bertz CT molecular complexity index is 679. The number of halogens is 1. The van der Waals surface area contributed by atoms with Gasteiger partial charge in [-0.3, -0.25) is 5.01 Å². The molecule has 1 saturated heterocycles. The molecule has 6 heteroatoms. The molecule has 0 spiro atoms. The van der Waals surface area contributed by atoms with Gasteiger partial charge in [0.25, 0.3) is 0 Å². The summed E-state index contributed by atoms with van der Waals surface area (Å²) in [6.07, 6.45) is 0. The lowest BCUT2D eigenvalue weighted by Gasteiger charge is -2.40. The number of hydrazine groups is 1. The standard InChI is InChI=1S/C16H19ClN4S/c1-19-5-7-20(8-6-19)21-15-3-2-13(17)10-14(15)18-11-12-4-9-22-16(12)21/h2-4,9-10,18H,5-8,11H2,1H3. The molecule has 2 aliphatic heterocycles. The third kappa shape index (κ3) is 2.48. The van der Waals surface area contributed by atoms with E-state index in [1.807, 2.05) is 12.1 Å². The third-order valence-electron chi connectivity index (χ3n) is 4.33. The molecule has 0 unspecified atom stereocenters. The summed E-state index contributed by atoms with van der Waals surface area (Å²) in [6, 6.07) is 8.33. The molecule has 22 heavy (non-hydrogen) atoms. The zero-order valence-electron chi connectivity index (χ0n) is 12.6. The van der Waals surface area contributed by atoms with Gasteiger partial charge >= 0.3 is 0 Å². The number of benzene rings is 1. The number of hydrogen-bond donors (Lipinski definition) is 1. The fourth-order valence-corrected chi connectivity index (χ4v) is 4.20. The molecular weight excluding hydrogens is 316 g/mol. The Balaban J connectivity index is 1.79. The summed E-state index contributed by atoms with van der Waals surface area (Å²) in [6.45, 7) is 5.10. The van der Waals surface area contributed by atoms with E-state index in [4.69, 9.17) is 11.6 Å². The van der Waals surface area contributed by atoms with Crippen LogP contribution in [-0.4, -0.2) is 43.1 Å². The summed E-state index contributed by atoms with van der Waals surface area (Å²) < 4.78 is 0. The molecule has 1 N–H and O–H groups in total. The van der Waals surface area contributed by atoms with Gasteiger partial charge in [-0.15, -0.1) is 11.3 Å². The smallest absolute Gasteiger partial charge is 0.116 e. The van der Waals surface area contributed by atoms with Crippen molar-refractivity contribution in [3.8, 4) is 0 Å². The van der Waals surface area contributed by atoms with E-state index in [-0.39, 0.29) is 0 Å². The van der Waals surface area contributed by atoms with Crippen LogP contribution in [0.2, 0.25) is 5.02 Å². The molecular formula is C16H19ClN4S. The molecule has 0 radical (unpaired) electrons. The molecule has 0 bridgehead atoms. The van der Waals surface area contributed by atoms with Gasteiger partial charge in [0.2, 0.25) is 0 Å². The molecule has 1 aromatic heterocycles. The highest BCUT2D eigenvalue weighted by Crippen LogP contribution is 2.42. The molecule has 1 fully saturated rings. The molecule has 1 aromatic carbocycles. The summed E-state index contributed by atoms with van der Waals surface area (Å²) >= 11 is 8.00. The number of nitrogens with one attached hydrogen (secondary N) is 1. The Kier molecular flexibility index (Phi) is 3.74. The van der Waals surface area contributed by atoms with Crippen LogP contribution in [0.15, 0.2) is 29.6 Å². The number of hydrogen-bond acceptors (Lipinski definition) is 5. The van der Waals surface area contributed by atoms with E-state index in [2.05, 4.69) is 44.8 Å². The first-order valence-electron chi connectivity index (χ1n) is 7.56. The molecule has 2 aromatic rings. The van der Waals surface area contributed by atoms with Crippen LogP contribution in [0.1, 0.15) is 5.56 Å². The van der Waals surface area contributed by atoms with Crippen LogP contribution in [0.25, 0.3) is 0 Å². The van der Waals surface area contributed by atoms with E-state index in [1.54, 1.807) is 11.3 Å². The largest absolute Gasteiger partial charge is 0.379 e. The first-order valence-corrected chi connectivity index (χ1v) is 8.81. The summed E-state index contributed by atoms with van der Waals surface area (Å²) in [7, 11) is 2.19. The summed E-state index contributed by atoms with van der Waals surface area (Å²) in [5.74, 6) is 0. The quantitative estimate of drug-likeness (QED) is 0.859. The lowest BCUT2D eigenvalue weighted by atomic mass is 10.2. The number of piperazine rings is 1. The van der Waals surface area contributed by atoms with Gasteiger partial charge in [-0.25, -0.2) is 5.01 Å². The van der Waals surface area contributed by atoms with Crippen molar-refractivity contribution in [1.82, 2.24) is 9.91 Å². The van der Waals surface area contributed by atoms with Crippen LogP contribution in [0.4, 0.5) is 16.4 Å². The Morgan fingerprint density at radius 1 is 1.14 bits per heavy atom. The van der Waals surface area contributed by atoms with Crippen LogP contribution in [0, 0.1) is 0 Å². The number of fused-ring (bicyclic) bond motifs is 2. The lowest BCUT2D eigenvalue weighted by molar-refractivity contribution is 0.155. The second kappa shape index (κ2) is 5.74. The minimum absolute atomic E-state index is 0.773. The Morgan fingerprint density at radius 3 is 2.77 bits per heavy atom. The number of nitrogens with zero attached hydrogens (tertiary/aromatic N) is 3. The van der Waals surface area contributed by atoms with Crippen molar-refractivity contribution in [2.45, 2.75) is 6.54 Å². The van der Waals surface area contributed by atoms with E-state index in [0.29, 0.717) is 0 Å². The highest BCUT2D eigenvalue weighted by atomic mass is 35.5. The first kappa shape index (κ1) is 14.3. The third-order valence-corrected chi connectivity index (χ3v) is 5.50. The van der Waals surface area contributed by atoms with Crippen molar-refractivity contribution in [3.05, 3.63) is 40.2 Å². The van der Waals surface area contributed by atoms with Crippen molar-refractivity contribution in [2.75, 3.05) is 43.6 Å². The van der Waals surface area contributed by atoms with Crippen molar-refractivity contribution < 1.29 is 0 Å². The van der Waals surface area contributed by atoms with Crippen LogP contribution < -0.4 is 10.3 Å². The second-order valence-electron chi connectivity index (χ2n) is 5.83. The first-order chi connectivity index (χ1) is 10.7. The van der Waals surface area contributed by atoms with Crippen LogP contribution in [0.3, 0.4) is 0 Å². The molecule has 116 valence electrons. The van der Waals surface area contributed by atoms with Gasteiger partial charge in [0.05, 0.1) is 11.4 Å². The zero-order valence-corrected chi connectivity index (χ0v) is 14.1. The average Bonchev–Trinajstić information content (AvgIpc) is 2.92. The minimum atomic E-state index is 0.773. The second-order valence-corrected chi connectivity index (χ2v) is 7.17. The van der Waals surface area contributed by atoms with E-state index >= 15 is 0 Å². The van der Waals surface area contributed by atoms with E-state index in [1.165, 1.54) is 16.3 Å². The van der Waals surface area contributed by atoms with Crippen LogP contribution >= 0.6 is 22.9 Å². The molecule has 0 saturated carbocycles. The summed E-state index contributed by atoms with van der Waals surface area (Å²) in [4.78, 5) is 2.38. The fourth-order valence-electron chi connectivity index (χ4n) is 3.06. The maximum atomic E-state index is 6.19. The molecule has 3 heterocycles. The maximum Gasteiger partial charge on any atom is 0.116 e. The summed E-state index contributed by atoms with van der Waals surface area (Å²) in [5, 5.41) is 12.6. The highest BCUT2D eigenvalue weighted by molar-refractivity contribution is 7.14. The van der Waals surface area contributed by atoms with Gasteiger partial charge in [-0.05, 0) is 36.7 Å². The number of likely N-dealkylation sites (N-methyl/N-ethyl adjacent to an activating group) is 1. The normalized spacial score (nSPS) is 19.3. The van der Waals surface area contributed by atoms with E-state index in [9.17, 15) is 0 Å². The zero-order chi connectivity index (χ0) is 15.1. The number of anilines is 3. The minimum Gasteiger partial charge on any atom is -0.379 e. The van der Waals surface area contributed by atoms with Crippen LogP contribution in [-0.2, 0) is 6.54 Å². The Hall–Kier alpha value is -1.27. The highest BCUT2D eigenvalue weighted by Gasteiger charge is 2.28. The van der Waals surface area contributed by atoms with Gasteiger partial charge in [0.1, 0.15) is 5.00 Å². The van der Waals surface area contributed by atoms with Crippen molar-refractivity contribution >= 4 is 39.3 Å². The van der Waals surface area contributed by atoms with Crippen LogP contribution in [0.5, 0.6) is 0 Å². The van der Waals surface area contributed by atoms with E-state index in [0.717, 1.165) is 43.4 Å². The van der Waals surface area contributed by atoms with Gasteiger partial charge in [0.15, 0.2) is 0 Å². The Morgan fingerprint density at radius 2 is 1.95 bits per heavy atom. The molecule has 0 aliphatic carbocycles. The summed E-state index contributed by atoms with van der Waals surface area (Å²) in [5.41, 5.74) is 3.64. The monoisotopic (exact) mass is 334 g/mol. The fraction of sp³-hybridized carbons (Fsp3) is 0.375. The molecule has 2 aliphatic rings. The van der Waals surface area contributed by atoms with Crippen molar-refractivity contribution in [1.29, 1.82) is 0 Å². The lowest BCUT2D eigenvalue weighted by Crippen LogP contribution is -2.51. The predicted molar refractivity (Wildman–Crippen MR) is 94.3 cm³/mol. The molecule has 4 nitrogen and oxygen atoms in total. The molecule has 0 amide bonds. The predicted octanol–water partition coefficient (Wildman–Crippen LogP) is 3.63. The van der Waals surface area contributed by atoms with Crippen molar-refractivity contribution in [2.24, 2.45) is 0 Å². The topological polar surface area (TPSA) is 21.8 Å². The molecule has 0 atom stereocenters. The maximum absolute atomic E-state index is 6.19. The number of thiophene rings is 1. The van der Waals surface area contributed by atoms with Crippen molar-refractivity contribution in [3.63, 3.8) is 0 Å². The number of rotatable bonds is 1. The Labute approximate surface area is 139 Å². The SMILES string of the molecule is CN1CCN(N2c3ccc(Cl)cc3NCc3ccsc32)CC1. The van der Waals surface area contributed by atoms with E-state index < -0.39 is 0 Å². The average molecular weight is 335 g/mol. The van der Waals surface area contributed by atoms with Gasteiger partial charge in [0, 0.05) is 43.3 Å². The van der Waals surface area contributed by atoms with Gasteiger partial charge in [-0.2, -0.15) is 0 Å². The van der Waals surface area contributed by atoms with Gasteiger partial charge in [-0.1, -0.05) is 11.6 Å².